The third-order valence-corrected chi connectivity index (χ3v) is 11.2. The normalized spacial score (nSPS) is 27.2. The molecule has 0 saturated carbocycles. The van der Waals surface area contributed by atoms with E-state index in [1.807, 2.05) is 11.8 Å². The highest BCUT2D eigenvalue weighted by Crippen LogP contribution is 2.30. The molecule has 1 amide bonds. The SMILES string of the molecule is C=C(NC[C@H]1CCC[C@@H](C2C=CC(C)=CC2)O1)/C(C)=C(\N=C(\C)N)C(=O)N1CCC(N2CCC(N(C)S(C)(=O)=O)CC2)CC1. The van der Waals surface area contributed by atoms with Crippen molar-refractivity contribution in [3.63, 3.8) is 0 Å². The lowest BCUT2D eigenvalue weighted by Crippen LogP contribution is -2.52. The number of likely N-dealkylation sites (tertiary alicyclic amines) is 2. The minimum absolute atomic E-state index is 0.0551. The van der Waals surface area contributed by atoms with Gasteiger partial charge < -0.3 is 25.6 Å². The number of ether oxygens (including phenoxy) is 1. The first-order valence-corrected chi connectivity index (χ1v) is 18.1. The summed E-state index contributed by atoms with van der Waals surface area (Å²) < 4.78 is 31.9. The Labute approximate surface area is 265 Å². The van der Waals surface area contributed by atoms with Crippen LogP contribution in [-0.2, 0) is 19.6 Å². The van der Waals surface area contributed by atoms with Gasteiger partial charge in [0, 0.05) is 56.0 Å². The summed E-state index contributed by atoms with van der Waals surface area (Å²) in [6, 6.07) is 0.441. The molecular weight excluding hydrogens is 576 g/mol. The number of carbonyl (C=O) groups is 1. The lowest BCUT2D eigenvalue weighted by Gasteiger charge is -2.43. The summed E-state index contributed by atoms with van der Waals surface area (Å²) in [6.07, 6.45) is 16.0. The number of amidine groups is 1. The van der Waals surface area contributed by atoms with Crippen molar-refractivity contribution in [2.45, 2.75) is 96.4 Å². The third-order valence-electron chi connectivity index (χ3n) is 9.82. The minimum atomic E-state index is -3.18. The Hall–Kier alpha value is -2.47. The molecule has 4 rings (SSSR count). The van der Waals surface area contributed by atoms with Gasteiger partial charge in [-0.05, 0) is 85.2 Å². The van der Waals surface area contributed by atoms with Crippen LogP contribution in [0.1, 0.15) is 72.1 Å². The number of hydrogen-bond acceptors (Lipinski definition) is 7. The second kappa shape index (κ2) is 15.2. The number of hydrogen-bond donors (Lipinski definition) is 2. The number of nitrogens with zero attached hydrogens (tertiary/aromatic N) is 4. The van der Waals surface area contributed by atoms with E-state index in [2.05, 4.69) is 46.9 Å². The maximum atomic E-state index is 13.7. The van der Waals surface area contributed by atoms with E-state index in [0.29, 0.717) is 54.4 Å². The summed E-state index contributed by atoms with van der Waals surface area (Å²) in [4.78, 5) is 22.6. The van der Waals surface area contributed by atoms with E-state index >= 15 is 0 Å². The summed E-state index contributed by atoms with van der Waals surface area (Å²) in [7, 11) is -1.51. The van der Waals surface area contributed by atoms with E-state index in [1.165, 1.54) is 16.1 Å². The second-order valence-electron chi connectivity index (χ2n) is 13.1. The molecule has 1 aliphatic carbocycles. The Balaban J connectivity index is 1.30. The Kier molecular flexibility index (Phi) is 11.9. The molecular formula is C33H54N6O4S. The van der Waals surface area contributed by atoms with Crippen LogP contribution in [0.15, 0.2) is 52.3 Å². The first-order valence-electron chi connectivity index (χ1n) is 16.2. The average Bonchev–Trinajstić information content (AvgIpc) is 3.01. The van der Waals surface area contributed by atoms with E-state index in [0.717, 1.165) is 64.5 Å². The lowest BCUT2D eigenvalue weighted by molar-refractivity contribution is -0.128. The van der Waals surface area contributed by atoms with Gasteiger partial charge in [-0.2, -0.15) is 0 Å². The molecule has 3 atom stereocenters. The molecule has 11 heteroatoms. The summed E-state index contributed by atoms with van der Waals surface area (Å²) in [6.45, 7) is 13.6. The van der Waals surface area contributed by atoms with Crippen LogP contribution in [0, 0.1) is 5.92 Å². The van der Waals surface area contributed by atoms with Crippen LogP contribution in [0.3, 0.4) is 0 Å². The second-order valence-corrected chi connectivity index (χ2v) is 15.1. The smallest absolute Gasteiger partial charge is 0.272 e. The molecule has 0 radical (unpaired) electrons. The zero-order valence-corrected chi connectivity index (χ0v) is 28.2. The number of sulfonamides is 1. The van der Waals surface area contributed by atoms with Crippen molar-refractivity contribution in [3.05, 3.63) is 47.3 Å². The average molecular weight is 631 g/mol. The van der Waals surface area contributed by atoms with E-state index in [9.17, 15) is 13.2 Å². The monoisotopic (exact) mass is 630 g/mol. The van der Waals surface area contributed by atoms with Crippen molar-refractivity contribution in [1.82, 2.24) is 19.4 Å². The van der Waals surface area contributed by atoms with Crippen LogP contribution in [0.2, 0.25) is 0 Å². The van der Waals surface area contributed by atoms with E-state index in [1.54, 1.807) is 14.0 Å². The first kappa shape index (κ1) is 34.4. The fourth-order valence-electron chi connectivity index (χ4n) is 6.87. The molecule has 10 nitrogen and oxygen atoms in total. The standard InChI is InChI=1S/C33H54N6O4S/c1-23-10-12-27(13-11-23)31-9-7-8-30(43-31)22-35-25(3)24(2)32(36-26(4)34)33(40)39-20-16-29(17-21-39)38-18-14-28(15-19-38)37(5)44(6,41)42/h10-12,27-31,35H,3,7-9,13-22H2,1-2,4-6H3,(H2,34,36)/b32-24-/t27?,30-,31+/m1/s1. The van der Waals surface area contributed by atoms with Gasteiger partial charge in [-0.25, -0.2) is 17.7 Å². The Morgan fingerprint density at radius 2 is 1.82 bits per heavy atom. The quantitative estimate of drug-likeness (QED) is 0.164. The summed E-state index contributed by atoms with van der Waals surface area (Å²) in [5, 5.41) is 3.43. The lowest BCUT2D eigenvalue weighted by atomic mass is 9.87. The molecule has 0 aromatic heterocycles. The van der Waals surface area contributed by atoms with Gasteiger partial charge in [-0.1, -0.05) is 30.4 Å². The van der Waals surface area contributed by atoms with Gasteiger partial charge in [0.25, 0.3) is 5.91 Å². The maximum absolute atomic E-state index is 13.7. The van der Waals surface area contributed by atoms with E-state index in [4.69, 9.17) is 10.5 Å². The number of carbonyl (C=O) groups excluding carboxylic acids is 1. The molecule has 3 aliphatic heterocycles. The van der Waals surface area contributed by atoms with E-state index < -0.39 is 10.0 Å². The summed E-state index contributed by atoms with van der Waals surface area (Å²) >= 11 is 0. The van der Waals surface area contributed by atoms with Crippen molar-refractivity contribution in [3.8, 4) is 0 Å². The third kappa shape index (κ3) is 9.05. The molecule has 0 bridgehead atoms. The molecule has 3 heterocycles. The van der Waals surface area contributed by atoms with Gasteiger partial charge in [0.2, 0.25) is 10.0 Å². The highest BCUT2D eigenvalue weighted by Gasteiger charge is 2.34. The zero-order chi connectivity index (χ0) is 32.0. The van der Waals surface area contributed by atoms with Gasteiger partial charge in [0.15, 0.2) is 0 Å². The zero-order valence-electron chi connectivity index (χ0n) is 27.4. The molecule has 0 aromatic carbocycles. The molecule has 1 unspecified atom stereocenters. The van der Waals surface area contributed by atoms with Crippen molar-refractivity contribution >= 4 is 21.8 Å². The summed E-state index contributed by atoms with van der Waals surface area (Å²) in [5.41, 5.74) is 8.99. The summed E-state index contributed by atoms with van der Waals surface area (Å²) in [5.74, 6) is 0.638. The Morgan fingerprint density at radius 1 is 1.14 bits per heavy atom. The topological polar surface area (TPSA) is 121 Å². The van der Waals surface area contributed by atoms with Crippen molar-refractivity contribution in [2.75, 3.05) is 46.0 Å². The fraction of sp³-hybridized carbons (Fsp3) is 0.697. The minimum Gasteiger partial charge on any atom is -0.387 e. The highest BCUT2D eigenvalue weighted by atomic mass is 32.2. The molecule has 0 spiro atoms. The molecule has 3 saturated heterocycles. The molecule has 44 heavy (non-hydrogen) atoms. The first-order chi connectivity index (χ1) is 20.8. The highest BCUT2D eigenvalue weighted by molar-refractivity contribution is 7.88. The van der Waals surface area contributed by atoms with Crippen LogP contribution < -0.4 is 11.1 Å². The van der Waals surface area contributed by atoms with Crippen LogP contribution >= 0.6 is 0 Å². The largest absolute Gasteiger partial charge is 0.387 e. The molecule has 0 aromatic rings. The number of rotatable bonds is 10. The van der Waals surface area contributed by atoms with Gasteiger partial charge in [0.1, 0.15) is 5.70 Å². The number of nitrogens with two attached hydrogens (primary N) is 1. The van der Waals surface area contributed by atoms with Crippen LogP contribution in [0.5, 0.6) is 0 Å². The molecule has 3 N–H and O–H groups in total. The van der Waals surface area contributed by atoms with Crippen molar-refractivity contribution in [1.29, 1.82) is 0 Å². The number of aliphatic imine (C=N–C) groups is 1. The number of amides is 1. The molecule has 4 aliphatic rings. The van der Waals surface area contributed by atoms with Crippen LogP contribution in [-0.4, -0.2) is 105 Å². The maximum Gasteiger partial charge on any atom is 0.272 e. The van der Waals surface area contributed by atoms with Crippen molar-refractivity contribution in [2.24, 2.45) is 16.6 Å². The number of nitrogens with one attached hydrogen (secondary N) is 1. The molecule has 3 fully saturated rings. The van der Waals surface area contributed by atoms with Gasteiger partial charge >= 0.3 is 0 Å². The van der Waals surface area contributed by atoms with E-state index in [-0.39, 0.29) is 24.2 Å². The number of allylic oxidation sites excluding steroid dienone is 4. The predicted molar refractivity (Wildman–Crippen MR) is 177 cm³/mol. The van der Waals surface area contributed by atoms with Gasteiger partial charge in [0.05, 0.1) is 24.3 Å². The number of piperidine rings is 2. The van der Waals surface area contributed by atoms with Gasteiger partial charge in [-0.15, -0.1) is 0 Å². The van der Waals surface area contributed by atoms with Crippen LogP contribution in [0.4, 0.5) is 0 Å². The molecule has 246 valence electrons. The Morgan fingerprint density at radius 3 is 2.41 bits per heavy atom. The van der Waals surface area contributed by atoms with Gasteiger partial charge in [-0.3, -0.25) is 4.79 Å². The van der Waals surface area contributed by atoms with Crippen LogP contribution in [0.25, 0.3) is 0 Å². The predicted octanol–water partition coefficient (Wildman–Crippen LogP) is 3.55. The fourth-order valence-corrected chi connectivity index (χ4v) is 7.62. The Bertz CT molecular complexity index is 1270. The van der Waals surface area contributed by atoms with Crippen molar-refractivity contribution < 1.29 is 17.9 Å².